The van der Waals surface area contributed by atoms with Crippen molar-refractivity contribution in [3.8, 4) is 0 Å². The molecule has 2 amide bonds. The number of aliphatic hydroxyl groups is 1. The second-order valence-electron chi connectivity index (χ2n) is 7.23. The summed E-state index contributed by atoms with van der Waals surface area (Å²) in [5.41, 5.74) is 1.15. The molecule has 0 saturated heterocycles. The average molecular weight is 347 g/mol. The molecule has 25 heavy (non-hydrogen) atoms. The number of nitrogens with one attached hydrogen (secondary N) is 1. The van der Waals surface area contributed by atoms with E-state index in [0.717, 1.165) is 44.2 Å². The fraction of sp³-hybridized carbons (Fsp3) is 0.667. The largest absolute Gasteiger partial charge is 0.391 e. The number of hydrogen-bond donors (Lipinski definition) is 2. The Balaban J connectivity index is 1.90. The number of aliphatic hydroxyl groups excluding tert-OH is 1. The van der Waals surface area contributed by atoms with E-state index >= 15 is 0 Å². The van der Waals surface area contributed by atoms with Crippen LogP contribution in [0.2, 0.25) is 0 Å². The van der Waals surface area contributed by atoms with Crippen molar-refractivity contribution in [1.82, 2.24) is 10.2 Å². The van der Waals surface area contributed by atoms with Gasteiger partial charge in [-0.05, 0) is 24.8 Å². The minimum Gasteiger partial charge on any atom is -0.391 e. The number of hydrogen-bond acceptors (Lipinski definition) is 2. The number of benzene rings is 1. The van der Waals surface area contributed by atoms with Gasteiger partial charge in [0.1, 0.15) is 0 Å². The highest BCUT2D eigenvalue weighted by Gasteiger charge is 2.26. The van der Waals surface area contributed by atoms with Crippen LogP contribution in [0.3, 0.4) is 0 Å². The Morgan fingerprint density at radius 1 is 1.12 bits per heavy atom. The lowest BCUT2D eigenvalue weighted by Gasteiger charge is -2.31. The van der Waals surface area contributed by atoms with Crippen LogP contribution in [0.5, 0.6) is 0 Å². The van der Waals surface area contributed by atoms with Gasteiger partial charge in [0, 0.05) is 13.1 Å². The molecule has 2 unspecified atom stereocenters. The smallest absolute Gasteiger partial charge is 0.318 e. The third kappa shape index (κ3) is 7.07. The summed E-state index contributed by atoms with van der Waals surface area (Å²) in [6.07, 6.45) is 9.33. The highest BCUT2D eigenvalue weighted by Crippen LogP contribution is 2.19. The number of unbranched alkanes of at least 4 members (excludes halogenated alkanes) is 4. The number of amides is 2. The summed E-state index contributed by atoms with van der Waals surface area (Å²) >= 11 is 0. The molecule has 4 nitrogen and oxygen atoms in total. The molecule has 140 valence electrons. The first kappa shape index (κ1) is 19.8. The predicted octanol–water partition coefficient (Wildman–Crippen LogP) is 4.47. The molecule has 1 fully saturated rings. The first-order valence-electron chi connectivity index (χ1n) is 9.98. The van der Waals surface area contributed by atoms with Gasteiger partial charge in [0.05, 0.1) is 12.1 Å². The summed E-state index contributed by atoms with van der Waals surface area (Å²) in [4.78, 5) is 14.7. The quantitative estimate of drug-likeness (QED) is 0.648. The lowest BCUT2D eigenvalue weighted by molar-refractivity contribution is 0.0893. The minimum absolute atomic E-state index is 0.0368. The highest BCUT2D eigenvalue weighted by molar-refractivity contribution is 5.74. The van der Waals surface area contributed by atoms with E-state index in [0.29, 0.717) is 6.54 Å². The van der Waals surface area contributed by atoms with Crippen LogP contribution in [0.1, 0.15) is 70.3 Å². The van der Waals surface area contributed by atoms with E-state index < -0.39 is 6.10 Å². The third-order valence-corrected chi connectivity index (χ3v) is 5.07. The van der Waals surface area contributed by atoms with Crippen molar-refractivity contribution < 1.29 is 9.90 Å². The van der Waals surface area contributed by atoms with Crippen LogP contribution in [0.15, 0.2) is 30.3 Å². The lowest BCUT2D eigenvalue weighted by Crippen LogP contribution is -2.50. The van der Waals surface area contributed by atoms with Crippen molar-refractivity contribution in [2.75, 3.05) is 6.54 Å². The van der Waals surface area contributed by atoms with E-state index in [1.54, 1.807) is 0 Å². The molecule has 0 heterocycles. The molecule has 1 aliphatic carbocycles. The van der Waals surface area contributed by atoms with Crippen LogP contribution >= 0.6 is 0 Å². The molecule has 1 aromatic carbocycles. The molecule has 0 aromatic heterocycles. The maximum atomic E-state index is 12.8. The van der Waals surface area contributed by atoms with Crippen molar-refractivity contribution >= 4 is 6.03 Å². The molecule has 1 aromatic rings. The zero-order valence-corrected chi connectivity index (χ0v) is 15.6. The van der Waals surface area contributed by atoms with E-state index in [2.05, 4.69) is 24.4 Å². The van der Waals surface area contributed by atoms with Crippen LogP contribution in [-0.4, -0.2) is 34.7 Å². The zero-order chi connectivity index (χ0) is 17.9. The van der Waals surface area contributed by atoms with Gasteiger partial charge in [-0.15, -0.1) is 0 Å². The summed E-state index contributed by atoms with van der Waals surface area (Å²) in [6, 6.07) is 10.0. The van der Waals surface area contributed by atoms with E-state index in [4.69, 9.17) is 0 Å². The maximum absolute atomic E-state index is 12.8. The van der Waals surface area contributed by atoms with Gasteiger partial charge in [0.25, 0.3) is 0 Å². The Morgan fingerprint density at radius 2 is 1.84 bits per heavy atom. The van der Waals surface area contributed by atoms with E-state index in [1.165, 1.54) is 25.7 Å². The standard InChI is InChI=1S/C21H34N2O2/c1-2-3-4-5-11-16-23(17-18-12-7-6-8-13-18)21(25)22-19-14-9-10-15-20(19)24/h6-8,12-13,19-20,24H,2-5,9-11,14-17H2,1H3,(H,22,25). The molecule has 0 spiro atoms. The number of carbonyl (C=O) groups excluding carboxylic acids is 1. The van der Waals surface area contributed by atoms with Crippen molar-refractivity contribution in [1.29, 1.82) is 0 Å². The van der Waals surface area contributed by atoms with Crippen LogP contribution in [0.4, 0.5) is 4.79 Å². The monoisotopic (exact) mass is 346 g/mol. The SMILES string of the molecule is CCCCCCCN(Cc1ccccc1)C(=O)NC1CCCCC1O. The summed E-state index contributed by atoms with van der Waals surface area (Å²) < 4.78 is 0. The second kappa shape index (κ2) is 11.1. The summed E-state index contributed by atoms with van der Waals surface area (Å²) in [7, 11) is 0. The van der Waals surface area contributed by atoms with Crippen molar-refractivity contribution in [3.05, 3.63) is 35.9 Å². The molecule has 4 heteroatoms. The molecular weight excluding hydrogens is 312 g/mol. The van der Waals surface area contributed by atoms with Crippen LogP contribution in [-0.2, 0) is 6.54 Å². The summed E-state index contributed by atoms with van der Waals surface area (Å²) in [5, 5.41) is 13.2. The molecular formula is C21H34N2O2. The highest BCUT2D eigenvalue weighted by atomic mass is 16.3. The summed E-state index contributed by atoms with van der Waals surface area (Å²) in [5.74, 6) is 0. The molecule has 0 bridgehead atoms. The summed E-state index contributed by atoms with van der Waals surface area (Å²) in [6.45, 7) is 3.61. The lowest BCUT2D eigenvalue weighted by atomic mass is 9.93. The van der Waals surface area contributed by atoms with Gasteiger partial charge in [-0.25, -0.2) is 4.79 Å². The molecule has 2 N–H and O–H groups in total. The Morgan fingerprint density at radius 3 is 2.56 bits per heavy atom. The number of urea groups is 1. The Kier molecular flexibility index (Phi) is 8.81. The van der Waals surface area contributed by atoms with Gasteiger partial charge in [-0.2, -0.15) is 0 Å². The van der Waals surface area contributed by atoms with Gasteiger partial charge in [0.2, 0.25) is 0 Å². The zero-order valence-electron chi connectivity index (χ0n) is 15.6. The van der Waals surface area contributed by atoms with Gasteiger partial charge in [-0.1, -0.05) is 75.8 Å². The van der Waals surface area contributed by atoms with Crippen LogP contribution in [0, 0.1) is 0 Å². The topological polar surface area (TPSA) is 52.6 Å². The Labute approximate surface area is 152 Å². The van der Waals surface area contributed by atoms with Crippen molar-refractivity contribution in [3.63, 3.8) is 0 Å². The van der Waals surface area contributed by atoms with E-state index in [1.807, 2.05) is 23.1 Å². The minimum atomic E-state index is -0.402. The van der Waals surface area contributed by atoms with E-state index in [9.17, 15) is 9.90 Å². The first-order chi connectivity index (χ1) is 12.2. The second-order valence-corrected chi connectivity index (χ2v) is 7.23. The average Bonchev–Trinajstić information content (AvgIpc) is 2.63. The predicted molar refractivity (Wildman–Crippen MR) is 102 cm³/mol. The Hall–Kier alpha value is -1.55. The Bertz CT molecular complexity index is 492. The van der Waals surface area contributed by atoms with Crippen molar-refractivity contribution in [2.45, 2.75) is 83.4 Å². The first-order valence-corrected chi connectivity index (χ1v) is 9.98. The van der Waals surface area contributed by atoms with Crippen molar-refractivity contribution in [2.24, 2.45) is 0 Å². The normalized spacial score (nSPS) is 20.2. The van der Waals surface area contributed by atoms with Gasteiger partial charge in [-0.3, -0.25) is 0 Å². The van der Waals surface area contributed by atoms with E-state index in [-0.39, 0.29) is 12.1 Å². The molecule has 2 rings (SSSR count). The maximum Gasteiger partial charge on any atom is 0.318 e. The molecule has 1 saturated carbocycles. The number of carbonyl (C=O) groups is 1. The fourth-order valence-corrected chi connectivity index (χ4v) is 3.49. The van der Waals surface area contributed by atoms with Gasteiger partial charge < -0.3 is 15.3 Å². The number of nitrogens with zero attached hydrogens (tertiary/aromatic N) is 1. The fourth-order valence-electron chi connectivity index (χ4n) is 3.49. The molecule has 1 aliphatic rings. The third-order valence-electron chi connectivity index (χ3n) is 5.07. The van der Waals surface area contributed by atoms with Crippen LogP contribution in [0.25, 0.3) is 0 Å². The van der Waals surface area contributed by atoms with Gasteiger partial charge in [0.15, 0.2) is 0 Å². The van der Waals surface area contributed by atoms with Gasteiger partial charge >= 0.3 is 6.03 Å². The molecule has 0 radical (unpaired) electrons. The number of rotatable bonds is 9. The molecule has 0 aliphatic heterocycles. The van der Waals surface area contributed by atoms with Crippen LogP contribution < -0.4 is 5.32 Å². The molecule has 2 atom stereocenters.